The molecule has 3 heteroatoms. The third kappa shape index (κ3) is 2.74. The molecule has 0 spiro atoms. The first-order valence-corrected chi connectivity index (χ1v) is 2.90. The van der Waals surface area contributed by atoms with Gasteiger partial charge in [-0.1, -0.05) is 13.0 Å². The van der Waals surface area contributed by atoms with Crippen LogP contribution in [0.5, 0.6) is 0 Å². The molecule has 0 heterocycles. The number of rotatable bonds is 3. The molecule has 0 rings (SSSR count). The highest BCUT2D eigenvalue weighted by molar-refractivity contribution is 5.91. The summed E-state index contributed by atoms with van der Waals surface area (Å²) in [6, 6.07) is 0. The van der Waals surface area contributed by atoms with Crippen LogP contribution in [0, 0.1) is 0 Å². The van der Waals surface area contributed by atoms with Gasteiger partial charge in [-0.25, -0.2) is 0 Å². The third-order valence-electron chi connectivity index (χ3n) is 0.943. The standard InChI is InChI=1S/C6H12N2O/c1-3-4-5(8-2)6(7)9/h4,8H,3H2,1-2H3,(H2,7,9). The van der Waals surface area contributed by atoms with E-state index >= 15 is 0 Å². The molecular weight excluding hydrogens is 116 g/mol. The lowest BCUT2D eigenvalue weighted by molar-refractivity contribution is -0.114. The number of primary amides is 1. The molecule has 52 valence electrons. The number of hydrogen-bond donors (Lipinski definition) is 2. The van der Waals surface area contributed by atoms with Crippen molar-refractivity contribution in [2.45, 2.75) is 13.3 Å². The van der Waals surface area contributed by atoms with Crippen molar-refractivity contribution in [1.82, 2.24) is 5.32 Å². The van der Waals surface area contributed by atoms with Crippen LogP contribution in [0.2, 0.25) is 0 Å². The summed E-state index contributed by atoms with van der Waals surface area (Å²) in [6.45, 7) is 1.94. The van der Waals surface area contributed by atoms with Crippen molar-refractivity contribution in [1.29, 1.82) is 0 Å². The van der Waals surface area contributed by atoms with Crippen molar-refractivity contribution >= 4 is 5.91 Å². The van der Waals surface area contributed by atoms with Gasteiger partial charge in [0.25, 0.3) is 5.91 Å². The van der Waals surface area contributed by atoms with Gasteiger partial charge in [-0.05, 0) is 6.42 Å². The minimum Gasteiger partial charge on any atom is -0.384 e. The molecule has 0 aliphatic heterocycles. The molecule has 3 nitrogen and oxygen atoms in total. The lowest BCUT2D eigenvalue weighted by atomic mass is 10.3. The molecule has 0 aromatic rings. The van der Waals surface area contributed by atoms with Crippen molar-refractivity contribution in [3.63, 3.8) is 0 Å². The minimum atomic E-state index is -0.403. The van der Waals surface area contributed by atoms with Crippen molar-refractivity contribution in [3.8, 4) is 0 Å². The maximum Gasteiger partial charge on any atom is 0.264 e. The molecule has 0 aromatic heterocycles. The van der Waals surface area contributed by atoms with E-state index in [1.54, 1.807) is 13.1 Å². The van der Waals surface area contributed by atoms with Crippen LogP contribution in [0.15, 0.2) is 11.8 Å². The van der Waals surface area contributed by atoms with E-state index in [0.717, 1.165) is 6.42 Å². The van der Waals surface area contributed by atoms with Crippen LogP contribution < -0.4 is 11.1 Å². The molecule has 0 bridgehead atoms. The zero-order valence-corrected chi connectivity index (χ0v) is 5.77. The number of allylic oxidation sites excluding steroid dienone is 1. The monoisotopic (exact) mass is 128 g/mol. The summed E-state index contributed by atoms with van der Waals surface area (Å²) < 4.78 is 0. The van der Waals surface area contributed by atoms with Gasteiger partial charge in [0.2, 0.25) is 0 Å². The van der Waals surface area contributed by atoms with E-state index in [1.165, 1.54) is 0 Å². The maximum absolute atomic E-state index is 10.4. The van der Waals surface area contributed by atoms with Crippen molar-refractivity contribution in [2.24, 2.45) is 5.73 Å². The molecule has 0 aliphatic rings. The van der Waals surface area contributed by atoms with Crippen LogP contribution in [-0.2, 0) is 4.79 Å². The molecule has 0 atom stereocenters. The van der Waals surface area contributed by atoms with Gasteiger partial charge in [0.05, 0.1) is 5.70 Å². The van der Waals surface area contributed by atoms with Gasteiger partial charge in [0.1, 0.15) is 0 Å². The first-order chi connectivity index (χ1) is 4.22. The minimum absolute atomic E-state index is 0.403. The van der Waals surface area contributed by atoms with E-state index in [1.807, 2.05) is 6.92 Å². The van der Waals surface area contributed by atoms with E-state index in [-0.39, 0.29) is 0 Å². The molecule has 0 saturated carbocycles. The Bertz CT molecular complexity index is 129. The summed E-state index contributed by atoms with van der Waals surface area (Å²) >= 11 is 0. The van der Waals surface area contributed by atoms with Crippen molar-refractivity contribution in [2.75, 3.05) is 7.05 Å². The summed E-state index contributed by atoms with van der Waals surface area (Å²) in [4.78, 5) is 10.4. The highest BCUT2D eigenvalue weighted by Gasteiger charge is 1.97. The highest BCUT2D eigenvalue weighted by Crippen LogP contribution is 1.87. The molecular formula is C6H12N2O. The number of amides is 1. The first kappa shape index (κ1) is 8.01. The van der Waals surface area contributed by atoms with Gasteiger partial charge in [0, 0.05) is 7.05 Å². The van der Waals surface area contributed by atoms with Crippen LogP contribution >= 0.6 is 0 Å². The van der Waals surface area contributed by atoms with Gasteiger partial charge in [-0.3, -0.25) is 4.79 Å². The second kappa shape index (κ2) is 3.95. The van der Waals surface area contributed by atoms with E-state index < -0.39 is 5.91 Å². The topological polar surface area (TPSA) is 55.1 Å². The molecule has 0 radical (unpaired) electrons. The summed E-state index contributed by atoms with van der Waals surface area (Å²) in [6.07, 6.45) is 2.57. The zero-order chi connectivity index (χ0) is 7.28. The Morgan fingerprint density at radius 1 is 1.78 bits per heavy atom. The largest absolute Gasteiger partial charge is 0.384 e. The maximum atomic E-state index is 10.4. The number of carbonyl (C=O) groups is 1. The fourth-order valence-corrected chi connectivity index (χ4v) is 0.530. The van der Waals surface area contributed by atoms with Crippen molar-refractivity contribution < 1.29 is 4.79 Å². The van der Waals surface area contributed by atoms with Crippen molar-refractivity contribution in [3.05, 3.63) is 11.8 Å². The molecule has 0 unspecified atom stereocenters. The Kier molecular flexibility index (Phi) is 3.51. The summed E-state index contributed by atoms with van der Waals surface area (Å²) in [5.41, 5.74) is 5.45. The average Bonchev–Trinajstić information content (AvgIpc) is 1.82. The number of hydrogen-bond acceptors (Lipinski definition) is 2. The van der Waals surface area contributed by atoms with Gasteiger partial charge >= 0.3 is 0 Å². The van der Waals surface area contributed by atoms with E-state index in [9.17, 15) is 4.79 Å². The first-order valence-electron chi connectivity index (χ1n) is 2.90. The second-order valence-corrected chi connectivity index (χ2v) is 1.64. The van der Waals surface area contributed by atoms with Crippen LogP contribution in [0.3, 0.4) is 0 Å². The lowest BCUT2D eigenvalue weighted by Gasteiger charge is -1.98. The average molecular weight is 128 g/mol. The molecule has 9 heavy (non-hydrogen) atoms. The van der Waals surface area contributed by atoms with Crippen LogP contribution in [0.1, 0.15) is 13.3 Å². The van der Waals surface area contributed by atoms with E-state index in [0.29, 0.717) is 5.70 Å². The zero-order valence-electron chi connectivity index (χ0n) is 5.77. The Morgan fingerprint density at radius 2 is 2.33 bits per heavy atom. The van der Waals surface area contributed by atoms with E-state index in [2.05, 4.69) is 5.32 Å². The van der Waals surface area contributed by atoms with Gasteiger partial charge in [-0.2, -0.15) is 0 Å². The summed E-state index contributed by atoms with van der Waals surface area (Å²) in [7, 11) is 1.67. The molecule has 0 aliphatic carbocycles. The number of carbonyl (C=O) groups excluding carboxylic acids is 1. The molecule has 1 amide bonds. The van der Waals surface area contributed by atoms with Gasteiger partial charge < -0.3 is 11.1 Å². The summed E-state index contributed by atoms with van der Waals surface area (Å²) in [5.74, 6) is -0.403. The predicted octanol–water partition coefficient (Wildman–Crippen LogP) is -0.0150. The van der Waals surface area contributed by atoms with Crippen LogP contribution in [0.25, 0.3) is 0 Å². The summed E-state index contributed by atoms with van der Waals surface area (Å²) in [5, 5.41) is 2.69. The molecule has 0 saturated heterocycles. The Morgan fingerprint density at radius 3 is 2.44 bits per heavy atom. The van der Waals surface area contributed by atoms with Gasteiger partial charge in [0.15, 0.2) is 0 Å². The number of nitrogens with one attached hydrogen (secondary N) is 1. The Labute approximate surface area is 54.9 Å². The van der Waals surface area contributed by atoms with Crippen LogP contribution in [0.4, 0.5) is 0 Å². The van der Waals surface area contributed by atoms with E-state index in [4.69, 9.17) is 5.73 Å². The SMILES string of the molecule is CCC=C(NC)C(N)=O. The number of nitrogens with two attached hydrogens (primary N) is 1. The highest BCUT2D eigenvalue weighted by atomic mass is 16.1. The molecule has 0 aromatic carbocycles. The smallest absolute Gasteiger partial charge is 0.264 e. The normalized spacial score (nSPS) is 11.1. The second-order valence-electron chi connectivity index (χ2n) is 1.64. The molecule has 0 fully saturated rings. The predicted molar refractivity (Wildman–Crippen MR) is 36.6 cm³/mol. The van der Waals surface area contributed by atoms with Crippen LogP contribution in [-0.4, -0.2) is 13.0 Å². The fraction of sp³-hybridized carbons (Fsp3) is 0.500. The number of likely N-dealkylation sites (N-methyl/N-ethyl adjacent to an activating group) is 1. The quantitative estimate of drug-likeness (QED) is 0.525. The lowest BCUT2D eigenvalue weighted by Crippen LogP contribution is -2.23. The Hall–Kier alpha value is -0.990. The Balaban J connectivity index is 3.98. The van der Waals surface area contributed by atoms with Gasteiger partial charge in [-0.15, -0.1) is 0 Å². The third-order valence-corrected chi connectivity index (χ3v) is 0.943. The fourth-order valence-electron chi connectivity index (χ4n) is 0.530. The molecule has 3 N–H and O–H groups in total.